The Hall–Kier alpha value is -4.17. The second-order valence-corrected chi connectivity index (χ2v) is 10.4. The van der Waals surface area contributed by atoms with E-state index in [4.69, 9.17) is 16.2 Å². The van der Waals surface area contributed by atoms with Crippen LogP contribution in [-0.2, 0) is 12.7 Å². The number of urea groups is 1. The lowest BCUT2D eigenvalue weighted by Crippen LogP contribution is -2.50. The smallest absolute Gasteiger partial charge is 0.416 e. The third kappa shape index (κ3) is 5.58. The minimum absolute atomic E-state index is 0.0568. The van der Waals surface area contributed by atoms with Crippen LogP contribution in [0.3, 0.4) is 0 Å². The summed E-state index contributed by atoms with van der Waals surface area (Å²) in [6, 6.07) is 8.17. The van der Waals surface area contributed by atoms with E-state index in [1.54, 1.807) is 28.1 Å². The van der Waals surface area contributed by atoms with Crippen LogP contribution in [-0.4, -0.2) is 62.5 Å². The number of piperazine rings is 1. The van der Waals surface area contributed by atoms with Gasteiger partial charge in [0, 0.05) is 44.4 Å². The number of carbonyl (C=O) groups is 2. The number of ether oxygens (including phenoxy) is 1. The van der Waals surface area contributed by atoms with Gasteiger partial charge in [-0.25, -0.2) is 9.78 Å². The number of pyridine rings is 1. The fourth-order valence-electron chi connectivity index (χ4n) is 4.67. The van der Waals surface area contributed by atoms with Gasteiger partial charge in [0.25, 0.3) is 5.91 Å². The molecule has 4 heterocycles. The van der Waals surface area contributed by atoms with E-state index in [2.05, 4.69) is 14.9 Å². The van der Waals surface area contributed by atoms with Crippen LogP contribution in [0.15, 0.2) is 48.9 Å². The van der Waals surface area contributed by atoms with E-state index >= 15 is 0 Å². The van der Waals surface area contributed by atoms with Crippen LogP contribution in [0.5, 0.6) is 5.75 Å². The first-order valence-electron chi connectivity index (χ1n) is 12.4. The summed E-state index contributed by atoms with van der Waals surface area (Å²) in [5.41, 5.74) is 12.2. The van der Waals surface area contributed by atoms with Gasteiger partial charge in [-0.15, -0.1) is 11.3 Å². The number of fused-ring (bicyclic) bond motifs is 1. The van der Waals surface area contributed by atoms with Crippen molar-refractivity contribution in [2.45, 2.75) is 25.7 Å². The minimum Gasteiger partial charge on any atom is -0.484 e. The molecular formula is C26H26F3N7O3S. The molecule has 1 saturated heterocycles. The number of imidazole rings is 1. The molecule has 0 saturated carbocycles. The number of alkyl halides is 3. The van der Waals surface area contributed by atoms with Gasteiger partial charge in [-0.3, -0.25) is 19.2 Å². The molecule has 4 aromatic rings. The first-order chi connectivity index (χ1) is 19.0. The fourth-order valence-corrected chi connectivity index (χ4v) is 5.60. The van der Waals surface area contributed by atoms with Crippen molar-refractivity contribution in [3.63, 3.8) is 0 Å². The van der Waals surface area contributed by atoms with E-state index in [1.165, 1.54) is 25.1 Å². The molecule has 1 atom stereocenters. The third-order valence-electron chi connectivity index (χ3n) is 6.71. The van der Waals surface area contributed by atoms with Gasteiger partial charge in [-0.2, -0.15) is 13.2 Å². The standard InChI is InChI=1S/C26H26F3N7O3S/c1-15(17-4-2-3-5-18(17)26(27,28)29)39-21-11-22(40-23(21)24(30)37)36-14-33-19-12-32-16(10-20(19)36)13-34-6-8-35(9-7-34)25(31)38/h2-5,10-12,14-15H,6-9,13H2,1H3,(H2,30,37)(H2,31,38)/t15-/m1/s1. The van der Waals surface area contributed by atoms with Gasteiger partial charge in [-0.1, -0.05) is 18.2 Å². The van der Waals surface area contributed by atoms with E-state index in [0.717, 1.165) is 28.6 Å². The highest BCUT2D eigenvalue weighted by molar-refractivity contribution is 7.16. The molecule has 0 aliphatic carbocycles. The van der Waals surface area contributed by atoms with Gasteiger partial charge in [0.1, 0.15) is 33.6 Å². The van der Waals surface area contributed by atoms with Crippen LogP contribution in [0.2, 0.25) is 0 Å². The van der Waals surface area contributed by atoms with Gasteiger partial charge in [0.05, 0.1) is 23.0 Å². The summed E-state index contributed by atoms with van der Waals surface area (Å²) in [7, 11) is 0. The molecule has 3 aromatic heterocycles. The molecule has 3 amide bonds. The normalized spacial score (nSPS) is 15.3. The molecular weight excluding hydrogens is 547 g/mol. The average molecular weight is 574 g/mol. The maximum atomic E-state index is 13.6. The Kier molecular flexibility index (Phi) is 7.38. The minimum atomic E-state index is -4.56. The first-order valence-corrected chi connectivity index (χ1v) is 13.2. The number of benzene rings is 1. The van der Waals surface area contributed by atoms with Crippen molar-refractivity contribution < 1.29 is 27.5 Å². The molecule has 0 unspecified atom stereocenters. The van der Waals surface area contributed by atoms with Crippen LogP contribution in [0, 0.1) is 0 Å². The predicted octanol–water partition coefficient (Wildman–Crippen LogP) is 3.94. The van der Waals surface area contributed by atoms with Crippen molar-refractivity contribution in [1.82, 2.24) is 24.3 Å². The number of carbonyl (C=O) groups excluding carboxylic acids is 2. The number of nitrogens with two attached hydrogens (primary N) is 2. The number of hydrogen-bond acceptors (Lipinski definition) is 7. The molecule has 14 heteroatoms. The zero-order valence-corrected chi connectivity index (χ0v) is 22.2. The van der Waals surface area contributed by atoms with Crippen molar-refractivity contribution in [1.29, 1.82) is 0 Å². The van der Waals surface area contributed by atoms with Crippen molar-refractivity contribution in [3.8, 4) is 10.8 Å². The molecule has 5 rings (SSSR count). The van der Waals surface area contributed by atoms with Gasteiger partial charge >= 0.3 is 12.2 Å². The largest absolute Gasteiger partial charge is 0.484 e. The van der Waals surface area contributed by atoms with Gasteiger partial charge in [0.2, 0.25) is 0 Å². The Balaban J connectivity index is 1.41. The Morgan fingerprint density at radius 3 is 2.50 bits per heavy atom. The molecule has 4 N–H and O–H groups in total. The summed E-state index contributed by atoms with van der Waals surface area (Å²) in [4.78, 5) is 36.4. The summed E-state index contributed by atoms with van der Waals surface area (Å²) < 4.78 is 48.3. The monoisotopic (exact) mass is 573 g/mol. The SMILES string of the molecule is C[C@@H](Oc1cc(-n2cnc3cnc(CN4CCN(C(N)=O)CC4)cc32)sc1C(N)=O)c1ccccc1C(F)(F)F. The number of hydrogen-bond donors (Lipinski definition) is 2. The molecule has 1 aliphatic rings. The fraction of sp³-hybridized carbons (Fsp3) is 0.308. The molecule has 0 bridgehead atoms. The van der Waals surface area contributed by atoms with Gasteiger partial charge in [-0.05, 0) is 19.1 Å². The summed E-state index contributed by atoms with van der Waals surface area (Å²) in [5, 5.41) is 0.551. The molecule has 40 heavy (non-hydrogen) atoms. The van der Waals surface area contributed by atoms with E-state index < -0.39 is 29.8 Å². The maximum absolute atomic E-state index is 13.6. The lowest BCUT2D eigenvalue weighted by molar-refractivity contribution is -0.139. The van der Waals surface area contributed by atoms with E-state index in [-0.39, 0.29) is 16.2 Å². The maximum Gasteiger partial charge on any atom is 0.416 e. The van der Waals surface area contributed by atoms with Crippen molar-refractivity contribution in [2.24, 2.45) is 11.5 Å². The van der Waals surface area contributed by atoms with E-state index in [0.29, 0.717) is 43.2 Å². The third-order valence-corrected chi connectivity index (χ3v) is 7.84. The molecule has 1 aromatic carbocycles. The summed E-state index contributed by atoms with van der Waals surface area (Å²) in [6.07, 6.45) is -2.34. The number of halogens is 3. The van der Waals surface area contributed by atoms with E-state index in [1.807, 2.05) is 6.07 Å². The van der Waals surface area contributed by atoms with E-state index in [9.17, 15) is 22.8 Å². The Morgan fingerprint density at radius 1 is 1.10 bits per heavy atom. The van der Waals surface area contributed by atoms with Crippen LogP contribution in [0.25, 0.3) is 16.0 Å². The molecule has 0 radical (unpaired) electrons. The summed E-state index contributed by atoms with van der Waals surface area (Å²) in [6.45, 7) is 4.43. The Morgan fingerprint density at radius 2 is 1.82 bits per heavy atom. The molecule has 1 fully saturated rings. The second kappa shape index (κ2) is 10.8. The average Bonchev–Trinajstić information content (AvgIpc) is 3.52. The van der Waals surface area contributed by atoms with Crippen LogP contribution in [0.4, 0.5) is 18.0 Å². The molecule has 210 valence electrons. The highest BCUT2D eigenvalue weighted by atomic mass is 32.1. The summed E-state index contributed by atoms with van der Waals surface area (Å²) in [5.74, 6) is -0.676. The second-order valence-electron chi connectivity index (χ2n) is 9.37. The zero-order valence-electron chi connectivity index (χ0n) is 21.4. The topological polar surface area (TPSA) is 133 Å². The Bertz CT molecular complexity index is 1560. The lowest BCUT2D eigenvalue weighted by atomic mass is 10.0. The zero-order chi connectivity index (χ0) is 28.6. The Labute approximate surface area is 231 Å². The number of rotatable bonds is 7. The predicted molar refractivity (Wildman–Crippen MR) is 142 cm³/mol. The van der Waals surface area contributed by atoms with Crippen LogP contribution in [0.1, 0.15) is 39.5 Å². The number of primary amides is 2. The quantitative estimate of drug-likeness (QED) is 0.344. The highest BCUT2D eigenvalue weighted by Crippen LogP contribution is 2.39. The number of thiophene rings is 1. The molecule has 0 spiro atoms. The van der Waals surface area contributed by atoms with Gasteiger partial charge in [0.15, 0.2) is 0 Å². The van der Waals surface area contributed by atoms with Crippen LogP contribution >= 0.6 is 11.3 Å². The lowest BCUT2D eigenvalue weighted by Gasteiger charge is -2.33. The van der Waals surface area contributed by atoms with Gasteiger partial charge < -0.3 is 21.1 Å². The van der Waals surface area contributed by atoms with Crippen LogP contribution < -0.4 is 16.2 Å². The number of nitrogens with zero attached hydrogens (tertiary/aromatic N) is 5. The number of aromatic nitrogens is 3. The molecule has 1 aliphatic heterocycles. The summed E-state index contributed by atoms with van der Waals surface area (Å²) >= 11 is 1.05. The van der Waals surface area contributed by atoms with Crippen molar-refractivity contribution in [2.75, 3.05) is 26.2 Å². The number of amides is 3. The van der Waals surface area contributed by atoms with Crippen molar-refractivity contribution in [3.05, 3.63) is 70.6 Å². The highest BCUT2D eigenvalue weighted by Gasteiger charge is 2.35. The first kappa shape index (κ1) is 27.4. The molecule has 10 nitrogen and oxygen atoms in total. The van der Waals surface area contributed by atoms with Crippen molar-refractivity contribution >= 4 is 34.3 Å².